The first-order chi connectivity index (χ1) is 10.6. The van der Waals surface area contributed by atoms with Gasteiger partial charge in [-0.15, -0.1) is 11.8 Å². The molecule has 0 bridgehead atoms. The van der Waals surface area contributed by atoms with Crippen molar-refractivity contribution in [2.75, 3.05) is 0 Å². The van der Waals surface area contributed by atoms with Crippen molar-refractivity contribution in [2.45, 2.75) is 22.7 Å². The van der Waals surface area contributed by atoms with Crippen LogP contribution in [0.5, 0.6) is 0 Å². The minimum Gasteiger partial charge on any atom is -0.319 e. The predicted molar refractivity (Wildman–Crippen MR) is 96.5 cm³/mol. The third-order valence-electron chi connectivity index (χ3n) is 3.21. The molecule has 1 aliphatic rings. The van der Waals surface area contributed by atoms with Crippen LogP contribution in [0.25, 0.3) is 0 Å². The van der Waals surface area contributed by atoms with E-state index in [0.717, 1.165) is 5.56 Å². The number of hydrogen-bond acceptors (Lipinski definition) is 5. The van der Waals surface area contributed by atoms with Gasteiger partial charge in [0.1, 0.15) is 5.50 Å². The highest BCUT2D eigenvalue weighted by Gasteiger charge is 2.35. The number of nitrogens with zero attached hydrogens (tertiary/aromatic N) is 3. The van der Waals surface area contributed by atoms with Gasteiger partial charge in [-0.05, 0) is 36.6 Å². The average molecular weight is 373 g/mol. The monoisotopic (exact) mass is 372 g/mol. The van der Waals surface area contributed by atoms with Crippen molar-refractivity contribution >= 4 is 52.5 Å². The van der Waals surface area contributed by atoms with Crippen molar-refractivity contribution in [1.82, 2.24) is 14.3 Å². The lowest BCUT2D eigenvalue weighted by Crippen LogP contribution is -2.30. The molecule has 0 radical (unpaired) electrons. The summed E-state index contributed by atoms with van der Waals surface area (Å²) in [4.78, 5) is 8.16. The van der Waals surface area contributed by atoms with Gasteiger partial charge in [-0.1, -0.05) is 35.3 Å². The van der Waals surface area contributed by atoms with Gasteiger partial charge in [0, 0.05) is 17.4 Å². The van der Waals surface area contributed by atoms with Gasteiger partial charge in [0.25, 0.3) is 0 Å². The molecule has 2 aromatic rings. The van der Waals surface area contributed by atoms with Crippen LogP contribution in [-0.2, 0) is 0 Å². The molecule has 22 heavy (non-hydrogen) atoms. The Labute approximate surface area is 147 Å². The molecule has 3 atom stereocenters. The van der Waals surface area contributed by atoms with Gasteiger partial charge in [-0.2, -0.15) is 0 Å². The Hall–Kier alpha value is -0.660. The van der Waals surface area contributed by atoms with Crippen LogP contribution in [0.15, 0.2) is 48.0 Å². The normalized spacial score (nSPS) is 23.6. The van der Waals surface area contributed by atoms with Gasteiger partial charge < -0.3 is 4.57 Å². The van der Waals surface area contributed by atoms with E-state index in [4.69, 9.17) is 23.2 Å². The second-order valence-electron chi connectivity index (χ2n) is 4.91. The van der Waals surface area contributed by atoms with Crippen LogP contribution >= 0.6 is 46.9 Å². The van der Waals surface area contributed by atoms with E-state index in [9.17, 15) is 0 Å². The number of aliphatic imine (C=N–C) groups is 1. The van der Waals surface area contributed by atoms with Crippen LogP contribution in [0.2, 0.25) is 5.02 Å². The van der Waals surface area contributed by atoms with E-state index in [1.54, 1.807) is 24.3 Å². The number of nitrogens with one attached hydrogen (secondary N) is 1. The van der Waals surface area contributed by atoms with E-state index >= 15 is 0 Å². The lowest BCUT2D eigenvalue weighted by molar-refractivity contribution is 0.625. The highest BCUT2D eigenvalue weighted by atomic mass is 35.5. The lowest BCUT2D eigenvalue weighted by atomic mass is 10.1. The van der Waals surface area contributed by atoms with E-state index < -0.39 is 4.99 Å². The molecule has 0 saturated carbocycles. The SMILES string of the molecule is CC1(SC(c2ccc(Cl)cc2)C(Cl)n2ccnc2)N=CSN1. The Morgan fingerprint density at radius 2 is 2.14 bits per heavy atom. The minimum absolute atomic E-state index is 0.0125. The standard InChI is InChI=1S/C14H14Cl2N4S2/c1-14(18-9-21-19-14)22-12(10-2-4-11(15)5-3-10)13(16)20-7-6-17-8-20/h2-9,12-13,19H,1H3. The van der Waals surface area contributed by atoms with Crippen LogP contribution in [0.1, 0.15) is 23.2 Å². The summed E-state index contributed by atoms with van der Waals surface area (Å²) >= 11 is 15.9. The highest BCUT2D eigenvalue weighted by Crippen LogP contribution is 2.48. The minimum atomic E-state index is -0.414. The second-order valence-corrected chi connectivity index (χ2v) is 7.98. The third kappa shape index (κ3) is 3.63. The van der Waals surface area contributed by atoms with E-state index in [2.05, 4.69) is 14.7 Å². The van der Waals surface area contributed by atoms with Gasteiger partial charge in [-0.25, -0.2) is 9.71 Å². The summed E-state index contributed by atoms with van der Waals surface area (Å²) in [6.45, 7) is 2.04. The van der Waals surface area contributed by atoms with Crippen molar-refractivity contribution < 1.29 is 0 Å². The molecule has 0 amide bonds. The van der Waals surface area contributed by atoms with Crippen LogP contribution < -0.4 is 4.72 Å². The predicted octanol–water partition coefficient (Wildman–Crippen LogP) is 4.70. The Morgan fingerprint density at radius 3 is 2.73 bits per heavy atom. The number of halogens is 2. The zero-order valence-corrected chi connectivity index (χ0v) is 14.8. The maximum absolute atomic E-state index is 6.71. The Kier molecular flexibility index (Phi) is 5.04. The molecule has 1 aromatic carbocycles. The van der Waals surface area contributed by atoms with Crippen molar-refractivity contribution in [1.29, 1.82) is 0 Å². The van der Waals surface area contributed by atoms with Crippen LogP contribution in [0.3, 0.4) is 0 Å². The van der Waals surface area contributed by atoms with Gasteiger partial charge in [-0.3, -0.25) is 4.99 Å². The molecule has 8 heteroatoms. The summed E-state index contributed by atoms with van der Waals surface area (Å²) in [5.74, 6) is 0. The van der Waals surface area contributed by atoms with Crippen molar-refractivity contribution in [3.05, 3.63) is 53.6 Å². The average Bonchev–Trinajstić information content (AvgIpc) is 3.17. The summed E-state index contributed by atoms with van der Waals surface area (Å²) in [5, 5.41) is 0.696. The summed E-state index contributed by atoms with van der Waals surface area (Å²) in [6, 6.07) is 7.76. The molecule has 3 unspecified atom stereocenters. The fourth-order valence-corrected chi connectivity index (χ4v) is 4.78. The fourth-order valence-electron chi connectivity index (χ4n) is 2.10. The highest BCUT2D eigenvalue weighted by molar-refractivity contribution is 8.12. The molecule has 3 rings (SSSR count). The second kappa shape index (κ2) is 6.84. The maximum atomic E-state index is 6.71. The largest absolute Gasteiger partial charge is 0.319 e. The fraction of sp³-hybridized carbons (Fsp3) is 0.286. The topological polar surface area (TPSA) is 42.2 Å². The van der Waals surface area contributed by atoms with Crippen molar-refractivity contribution in [3.63, 3.8) is 0 Å². The summed E-state index contributed by atoms with van der Waals surface area (Å²) in [7, 11) is 0. The van der Waals surface area contributed by atoms with E-state index in [1.807, 2.05) is 47.5 Å². The molecule has 1 aromatic heterocycles. The van der Waals surface area contributed by atoms with Gasteiger partial charge in [0.15, 0.2) is 4.99 Å². The number of imidazole rings is 1. The van der Waals surface area contributed by atoms with Gasteiger partial charge >= 0.3 is 0 Å². The van der Waals surface area contributed by atoms with Gasteiger partial charge in [0.05, 0.1) is 17.1 Å². The molecular formula is C14H14Cl2N4S2. The number of thioether (sulfide) groups is 1. The molecular weight excluding hydrogens is 359 g/mol. The Bertz CT molecular complexity index is 647. The molecule has 0 saturated heterocycles. The van der Waals surface area contributed by atoms with Gasteiger partial charge in [0.2, 0.25) is 0 Å². The van der Waals surface area contributed by atoms with Crippen LogP contribution in [0, 0.1) is 0 Å². The molecule has 116 valence electrons. The molecule has 4 nitrogen and oxygen atoms in total. The van der Waals surface area contributed by atoms with E-state index in [-0.39, 0.29) is 10.8 Å². The number of rotatable bonds is 5. The van der Waals surface area contributed by atoms with E-state index in [1.165, 1.54) is 11.9 Å². The zero-order chi connectivity index (χ0) is 15.6. The smallest absolute Gasteiger partial charge is 0.165 e. The zero-order valence-electron chi connectivity index (χ0n) is 11.7. The van der Waals surface area contributed by atoms with Crippen LogP contribution in [-0.4, -0.2) is 20.1 Å². The molecule has 0 fully saturated rings. The number of benzene rings is 1. The first kappa shape index (κ1) is 16.2. The van der Waals surface area contributed by atoms with Crippen molar-refractivity contribution in [3.8, 4) is 0 Å². The first-order valence-corrected chi connectivity index (χ1v) is 9.16. The lowest BCUT2D eigenvalue weighted by Gasteiger charge is -2.30. The maximum Gasteiger partial charge on any atom is 0.165 e. The molecule has 1 aliphatic heterocycles. The molecule has 0 spiro atoms. The number of alkyl halides is 1. The quantitative estimate of drug-likeness (QED) is 0.609. The van der Waals surface area contributed by atoms with E-state index in [0.29, 0.717) is 5.02 Å². The Balaban J connectivity index is 1.91. The van der Waals surface area contributed by atoms with Crippen molar-refractivity contribution in [2.24, 2.45) is 4.99 Å². The third-order valence-corrected chi connectivity index (χ3v) is 6.40. The van der Waals surface area contributed by atoms with Crippen LogP contribution in [0.4, 0.5) is 0 Å². The summed E-state index contributed by atoms with van der Waals surface area (Å²) in [5.41, 5.74) is 2.62. The Morgan fingerprint density at radius 1 is 1.36 bits per heavy atom. The molecule has 0 aliphatic carbocycles. The summed E-state index contributed by atoms with van der Waals surface area (Å²) < 4.78 is 5.18. The number of aromatic nitrogens is 2. The molecule has 1 N–H and O–H groups in total. The molecule has 2 heterocycles. The first-order valence-electron chi connectivity index (χ1n) is 6.59. The number of hydrogen-bond donors (Lipinski definition) is 1. The summed E-state index contributed by atoms with van der Waals surface area (Å²) in [6.07, 6.45) is 5.32.